The average molecular weight is 737 g/mol. The lowest BCUT2D eigenvalue weighted by atomic mass is 9.84. The third kappa shape index (κ3) is 6.93. The summed E-state index contributed by atoms with van der Waals surface area (Å²) in [5, 5.41) is 4.99. The second-order valence-electron chi connectivity index (χ2n) is 14.9. The Morgan fingerprint density at radius 2 is 0.517 bits per heavy atom. The standard InChI is InChI=1S/C58H40/c1-4-13-41(14-5-1)23-24-42-15-12-20-51(39-42)47-25-27-48(28-26-47)52-37-38-55-56(40-52)58(50-35-31-46(32-36-50)44-18-8-3-9-19-44)54-22-11-10-21-53(54)57(55)49-33-29-45(30-34-49)43-16-6-2-7-17-43/h1-40H. The van der Waals surface area contributed by atoms with Crippen LogP contribution in [0.4, 0.5) is 0 Å². The van der Waals surface area contributed by atoms with Crippen LogP contribution in [0.5, 0.6) is 0 Å². The molecule has 0 atom stereocenters. The summed E-state index contributed by atoms with van der Waals surface area (Å²) in [6, 6.07) is 83.7. The van der Waals surface area contributed by atoms with Crippen molar-refractivity contribution in [3.63, 3.8) is 0 Å². The molecule has 0 bridgehead atoms. The van der Waals surface area contributed by atoms with Crippen LogP contribution in [0.1, 0.15) is 11.1 Å². The first kappa shape index (κ1) is 34.9. The highest BCUT2D eigenvalue weighted by molar-refractivity contribution is 6.22. The Morgan fingerprint density at radius 1 is 0.190 bits per heavy atom. The van der Waals surface area contributed by atoms with E-state index in [1.54, 1.807) is 0 Å². The Bertz CT molecular complexity index is 3030. The fourth-order valence-electron chi connectivity index (χ4n) is 8.33. The van der Waals surface area contributed by atoms with Crippen molar-refractivity contribution in [1.29, 1.82) is 0 Å². The molecule has 0 heteroatoms. The summed E-state index contributed by atoms with van der Waals surface area (Å²) in [5.41, 5.74) is 17.0. The zero-order chi connectivity index (χ0) is 38.7. The van der Waals surface area contributed by atoms with E-state index in [0.29, 0.717) is 0 Å². The molecule has 0 aromatic heterocycles. The highest BCUT2D eigenvalue weighted by atomic mass is 14.2. The maximum atomic E-state index is 2.41. The van der Waals surface area contributed by atoms with Gasteiger partial charge in [-0.3, -0.25) is 0 Å². The molecule has 272 valence electrons. The van der Waals surface area contributed by atoms with Crippen LogP contribution < -0.4 is 0 Å². The van der Waals surface area contributed by atoms with Gasteiger partial charge in [0.1, 0.15) is 0 Å². The van der Waals surface area contributed by atoms with E-state index < -0.39 is 0 Å². The smallest absolute Gasteiger partial charge is 0.00261 e. The fraction of sp³-hybridized carbons (Fsp3) is 0. The van der Waals surface area contributed by atoms with Gasteiger partial charge in [0, 0.05) is 0 Å². The van der Waals surface area contributed by atoms with Gasteiger partial charge in [-0.1, -0.05) is 231 Å². The van der Waals surface area contributed by atoms with E-state index in [9.17, 15) is 0 Å². The van der Waals surface area contributed by atoms with Crippen molar-refractivity contribution >= 4 is 33.7 Å². The van der Waals surface area contributed by atoms with Gasteiger partial charge in [0.25, 0.3) is 0 Å². The minimum Gasteiger partial charge on any atom is -0.0622 e. The third-order valence-electron chi connectivity index (χ3n) is 11.3. The van der Waals surface area contributed by atoms with E-state index in [1.165, 1.54) is 99.4 Å². The molecule has 0 aliphatic carbocycles. The first-order valence-corrected chi connectivity index (χ1v) is 20.0. The molecule has 10 aromatic carbocycles. The largest absolute Gasteiger partial charge is 0.0622 e. The topological polar surface area (TPSA) is 0 Å². The third-order valence-corrected chi connectivity index (χ3v) is 11.3. The summed E-state index contributed by atoms with van der Waals surface area (Å²) >= 11 is 0. The number of benzene rings is 10. The van der Waals surface area contributed by atoms with Crippen LogP contribution in [0, 0.1) is 0 Å². The first-order chi connectivity index (χ1) is 28.7. The molecular weight excluding hydrogens is 697 g/mol. The molecule has 0 saturated carbocycles. The van der Waals surface area contributed by atoms with Crippen LogP contribution in [0.3, 0.4) is 0 Å². The maximum absolute atomic E-state index is 2.41. The van der Waals surface area contributed by atoms with E-state index >= 15 is 0 Å². The molecule has 0 nitrogen and oxygen atoms in total. The van der Waals surface area contributed by atoms with Gasteiger partial charge in [0.05, 0.1) is 0 Å². The predicted molar refractivity (Wildman–Crippen MR) is 249 cm³/mol. The zero-order valence-corrected chi connectivity index (χ0v) is 32.1. The number of fused-ring (bicyclic) bond motifs is 2. The summed E-state index contributed by atoms with van der Waals surface area (Å²) in [5.74, 6) is 0. The molecule has 0 N–H and O–H groups in total. The van der Waals surface area contributed by atoms with Gasteiger partial charge in [0.15, 0.2) is 0 Å². The van der Waals surface area contributed by atoms with Crippen LogP contribution in [-0.4, -0.2) is 0 Å². The zero-order valence-electron chi connectivity index (χ0n) is 32.1. The summed E-state index contributed by atoms with van der Waals surface area (Å²) in [7, 11) is 0. The van der Waals surface area contributed by atoms with Crippen molar-refractivity contribution < 1.29 is 0 Å². The quantitative estimate of drug-likeness (QED) is 0.108. The number of hydrogen-bond acceptors (Lipinski definition) is 0. The Morgan fingerprint density at radius 3 is 1.05 bits per heavy atom. The molecule has 0 radical (unpaired) electrons. The second kappa shape index (κ2) is 15.5. The maximum Gasteiger partial charge on any atom is -0.00261 e. The fourth-order valence-corrected chi connectivity index (χ4v) is 8.33. The monoisotopic (exact) mass is 736 g/mol. The molecule has 0 amide bonds. The Labute approximate surface area is 340 Å². The SMILES string of the molecule is C(=Cc1cccc(-c2ccc(-c3ccc4c(-c5ccc(-c6ccccc6)cc5)c5ccccc5c(-c5ccc(-c6ccccc6)cc5)c4c3)cc2)c1)c1ccccc1. The molecule has 10 rings (SSSR count). The van der Waals surface area contributed by atoms with Crippen LogP contribution in [0.25, 0.3) is 100 Å². The van der Waals surface area contributed by atoms with E-state index in [1.807, 2.05) is 0 Å². The second-order valence-corrected chi connectivity index (χ2v) is 14.9. The lowest BCUT2D eigenvalue weighted by Crippen LogP contribution is -1.92. The molecular formula is C58H40. The summed E-state index contributed by atoms with van der Waals surface area (Å²) in [6.07, 6.45) is 4.35. The minimum absolute atomic E-state index is 1.18. The lowest BCUT2D eigenvalue weighted by Gasteiger charge is -2.19. The van der Waals surface area contributed by atoms with E-state index in [4.69, 9.17) is 0 Å². The highest BCUT2D eigenvalue weighted by Crippen LogP contribution is 2.45. The Kier molecular flexibility index (Phi) is 9.35. The predicted octanol–water partition coefficient (Wildman–Crippen LogP) is 16.2. The summed E-state index contributed by atoms with van der Waals surface area (Å²) < 4.78 is 0. The highest BCUT2D eigenvalue weighted by Gasteiger charge is 2.18. The van der Waals surface area contributed by atoms with Gasteiger partial charge in [-0.2, -0.15) is 0 Å². The molecule has 0 heterocycles. The van der Waals surface area contributed by atoms with Gasteiger partial charge in [-0.25, -0.2) is 0 Å². The number of hydrogen-bond donors (Lipinski definition) is 0. The normalized spacial score (nSPS) is 11.4. The van der Waals surface area contributed by atoms with Crippen molar-refractivity contribution in [1.82, 2.24) is 0 Å². The van der Waals surface area contributed by atoms with Gasteiger partial charge in [-0.05, 0) is 112 Å². The van der Waals surface area contributed by atoms with Gasteiger partial charge >= 0.3 is 0 Å². The molecule has 0 aliphatic heterocycles. The van der Waals surface area contributed by atoms with E-state index in [0.717, 1.165) is 0 Å². The lowest BCUT2D eigenvalue weighted by molar-refractivity contribution is 1.58. The van der Waals surface area contributed by atoms with Gasteiger partial charge < -0.3 is 0 Å². The molecule has 10 aromatic rings. The van der Waals surface area contributed by atoms with E-state index in [-0.39, 0.29) is 0 Å². The van der Waals surface area contributed by atoms with Crippen LogP contribution >= 0.6 is 0 Å². The van der Waals surface area contributed by atoms with Crippen LogP contribution in [-0.2, 0) is 0 Å². The van der Waals surface area contributed by atoms with Crippen molar-refractivity contribution in [3.05, 3.63) is 242 Å². The number of rotatable bonds is 8. The molecule has 0 spiro atoms. The van der Waals surface area contributed by atoms with E-state index in [2.05, 4.69) is 243 Å². The van der Waals surface area contributed by atoms with Crippen LogP contribution in [0.15, 0.2) is 231 Å². The van der Waals surface area contributed by atoms with Crippen molar-refractivity contribution in [3.8, 4) is 66.8 Å². The van der Waals surface area contributed by atoms with Crippen molar-refractivity contribution in [2.24, 2.45) is 0 Å². The van der Waals surface area contributed by atoms with Crippen molar-refractivity contribution in [2.45, 2.75) is 0 Å². The Hall–Kier alpha value is -7.54. The molecule has 0 unspecified atom stereocenters. The molecule has 0 fully saturated rings. The molecule has 58 heavy (non-hydrogen) atoms. The minimum atomic E-state index is 1.18. The average Bonchev–Trinajstić information content (AvgIpc) is 3.31. The summed E-state index contributed by atoms with van der Waals surface area (Å²) in [6.45, 7) is 0. The molecule has 0 saturated heterocycles. The Balaban J connectivity index is 1.09. The van der Waals surface area contributed by atoms with Gasteiger partial charge in [0.2, 0.25) is 0 Å². The van der Waals surface area contributed by atoms with Gasteiger partial charge in [-0.15, -0.1) is 0 Å². The van der Waals surface area contributed by atoms with Crippen LogP contribution in [0.2, 0.25) is 0 Å². The first-order valence-electron chi connectivity index (χ1n) is 20.0. The summed E-state index contributed by atoms with van der Waals surface area (Å²) in [4.78, 5) is 0. The molecule has 0 aliphatic rings. The van der Waals surface area contributed by atoms with Crippen molar-refractivity contribution in [2.75, 3.05) is 0 Å².